The minimum Gasteiger partial charge on any atom is -0.436 e. The first-order chi connectivity index (χ1) is 9.10. The Morgan fingerprint density at radius 2 is 2.00 bits per heavy atom. The molecule has 2 nitrogen and oxygen atoms in total. The third-order valence-corrected chi connectivity index (χ3v) is 3.48. The van der Waals surface area contributed by atoms with Gasteiger partial charge in [0.05, 0.1) is 0 Å². The van der Waals surface area contributed by atoms with E-state index in [1.54, 1.807) is 0 Å². The molecule has 0 saturated carbocycles. The summed E-state index contributed by atoms with van der Waals surface area (Å²) in [6.07, 6.45) is 2.59. The summed E-state index contributed by atoms with van der Waals surface area (Å²) in [6.45, 7) is 4.32. The SMILES string of the molecule is CCC(C)c1ccc(Oc2ncc(Br)cc2F)cc1. The van der Waals surface area contributed by atoms with E-state index in [-0.39, 0.29) is 5.88 Å². The van der Waals surface area contributed by atoms with Gasteiger partial charge in [-0.25, -0.2) is 9.37 Å². The van der Waals surface area contributed by atoms with Gasteiger partial charge in [0.2, 0.25) is 0 Å². The van der Waals surface area contributed by atoms with Gasteiger partial charge in [0.15, 0.2) is 5.82 Å². The van der Waals surface area contributed by atoms with Crippen LogP contribution in [0.1, 0.15) is 31.7 Å². The van der Waals surface area contributed by atoms with Crippen molar-refractivity contribution in [2.24, 2.45) is 0 Å². The predicted molar refractivity (Wildman–Crippen MR) is 77.1 cm³/mol. The fourth-order valence-electron chi connectivity index (χ4n) is 1.69. The van der Waals surface area contributed by atoms with Crippen molar-refractivity contribution in [1.29, 1.82) is 0 Å². The van der Waals surface area contributed by atoms with Gasteiger partial charge in [-0.15, -0.1) is 0 Å². The zero-order valence-electron chi connectivity index (χ0n) is 10.9. The molecule has 1 unspecified atom stereocenters. The molecule has 1 atom stereocenters. The average molecular weight is 324 g/mol. The Labute approximate surface area is 120 Å². The summed E-state index contributed by atoms with van der Waals surface area (Å²) in [4.78, 5) is 3.90. The lowest BCUT2D eigenvalue weighted by Gasteiger charge is -2.10. The van der Waals surface area contributed by atoms with E-state index in [2.05, 4.69) is 34.8 Å². The van der Waals surface area contributed by atoms with Gasteiger partial charge in [-0.3, -0.25) is 0 Å². The van der Waals surface area contributed by atoms with Gasteiger partial charge in [-0.1, -0.05) is 26.0 Å². The molecule has 0 fully saturated rings. The summed E-state index contributed by atoms with van der Waals surface area (Å²) in [5.74, 6) is 0.595. The summed E-state index contributed by atoms with van der Waals surface area (Å²) in [5, 5.41) is 0. The van der Waals surface area contributed by atoms with E-state index in [0.717, 1.165) is 6.42 Å². The Morgan fingerprint density at radius 3 is 2.58 bits per heavy atom. The van der Waals surface area contributed by atoms with Crippen molar-refractivity contribution in [2.75, 3.05) is 0 Å². The molecule has 0 amide bonds. The molecule has 1 heterocycles. The molecule has 0 N–H and O–H groups in total. The number of pyridine rings is 1. The van der Waals surface area contributed by atoms with Crippen LogP contribution in [-0.4, -0.2) is 4.98 Å². The molecule has 1 aromatic heterocycles. The van der Waals surface area contributed by atoms with Crippen molar-refractivity contribution < 1.29 is 9.13 Å². The third kappa shape index (κ3) is 3.53. The van der Waals surface area contributed by atoms with Crippen molar-refractivity contribution in [2.45, 2.75) is 26.2 Å². The van der Waals surface area contributed by atoms with E-state index in [4.69, 9.17) is 4.74 Å². The van der Waals surface area contributed by atoms with E-state index in [1.165, 1.54) is 17.8 Å². The largest absolute Gasteiger partial charge is 0.436 e. The second-order valence-electron chi connectivity index (χ2n) is 4.42. The van der Waals surface area contributed by atoms with Crippen LogP contribution in [0.25, 0.3) is 0 Å². The monoisotopic (exact) mass is 323 g/mol. The van der Waals surface area contributed by atoms with E-state index < -0.39 is 5.82 Å². The normalized spacial score (nSPS) is 12.2. The van der Waals surface area contributed by atoms with E-state index in [0.29, 0.717) is 16.1 Å². The maximum Gasteiger partial charge on any atom is 0.255 e. The number of hydrogen-bond donors (Lipinski definition) is 0. The molecule has 4 heteroatoms. The molecule has 0 aliphatic carbocycles. The number of rotatable bonds is 4. The van der Waals surface area contributed by atoms with Crippen molar-refractivity contribution in [1.82, 2.24) is 4.98 Å². The van der Waals surface area contributed by atoms with Crippen LogP contribution in [0.3, 0.4) is 0 Å². The average Bonchev–Trinajstić information content (AvgIpc) is 2.42. The van der Waals surface area contributed by atoms with Crippen LogP contribution in [-0.2, 0) is 0 Å². The molecule has 2 rings (SSSR count). The van der Waals surface area contributed by atoms with Gasteiger partial charge in [0.1, 0.15) is 5.75 Å². The van der Waals surface area contributed by atoms with Gasteiger partial charge >= 0.3 is 0 Å². The fourth-order valence-corrected chi connectivity index (χ4v) is 1.99. The van der Waals surface area contributed by atoms with Gasteiger partial charge in [-0.2, -0.15) is 0 Å². The highest BCUT2D eigenvalue weighted by Crippen LogP contribution is 2.26. The zero-order chi connectivity index (χ0) is 13.8. The Hall–Kier alpha value is -1.42. The molecule has 100 valence electrons. The maximum absolute atomic E-state index is 13.6. The summed E-state index contributed by atoms with van der Waals surface area (Å²) in [5.41, 5.74) is 1.25. The second-order valence-corrected chi connectivity index (χ2v) is 5.34. The molecule has 0 spiro atoms. The number of hydrogen-bond acceptors (Lipinski definition) is 2. The zero-order valence-corrected chi connectivity index (χ0v) is 12.4. The van der Waals surface area contributed by atoms with Crippen LogP contribution in [0.4, 0.5) is 4.39 Å². The number of halogens is 2. The minimum atomic E-state index is -0.486. The van der Waals surface area contributed by atoms with Gasteiger partial charge in [0.25, 0.3) is 5.88 Å². The predicted octanol–water partition coefficient (Wildman–Crippen LogP) is 5.29. The Balaban J connectivity index is 2.15. The number of aromatic nitrogens is 1. The first-order valence-corrected chi connectivity index (χ1v) is 6.98. The van der Waals surface area contributed by atoms with Crippen molar-refractivity contribution in [3.8, 4) is 11.6 Å². The van der Waals surface area contributed by atoms with Crippen molar-refractivity contribution in [3.05, 3.63) is 52.4 Å². The molecule has 0 aliphatic heterocycles. The molecule has 0 radical (unpaired) electrons. The summed E-state index contributed by atoms with van der Waals surface area (Å²) in [7, 11) is 0. The summed E-state index contributed by atoms with van der Waals surface area (Å²) < 4.78 is 19.6. The van der Waals surface area contributed by atoms with Gasteiger partial charge in [-0.05, 0) is 52.0 Å². The highest BCUT2D eigenvalue weighted by atomic mass is 79.9. The topological polar surface area (TPSA) is 22.1 Å². The number of ether oxygens (including phenoxy) is 1. The van der Waals surface area contributed by atoms with Crippen LogP contribution in [0, 0.1) is 5.82 Å². The third-order valence-electron chi connectivity index (χ3n) is 3.05. The van der Waals surface area contributed by atoms with Gasteiger partial charge in [0, 0.05) is 10.7 Å². The molecule has 2 aromatic rings. The standard InChI is InChI=1S/C15H15BrFNO/c1-3-10(2)11-4-6-13(7-5-11)19-15-14(17)8-12(16)9-18-15/h4-10H,3H2,1-2H3. The minimum absolute atomic E-state index is 0.0144. The van der Waals surface area contributed by atoms with E-state index in [1.807, 2.05) is 24.3 Å². The molecule has 0 aliphatic rings. The lowest BCUT2D eigenvalue weighted by molar-refractivity contribution is 0.422. The van der Waals surface area contributed by atoms with Gasteiger partial charge < -0.3 is 4.74 Å². The highest BCUT2D eigenvalue weighted by Gasteiger charge is 2.08. The Morgan fingerprint density at radius 1 is 1.32 bits per heavy atom. The molecular weight excluding hydrogens is 309 g/mol. The smallest absolute Gasteiger partial charge is 0.255 e. The second kappa shape index (κ2) is 6.15. The van der Waals surface area contributed by atoms with E-state index in [9.17, 15) is 4.39 Å². The number of nitrogens with zero attached hydrogens (tertiary/aromatic N) is 1. The Kier molecular flexibility index (Phi) is 4.53. The molecule has 1 aromatic carbocycles. The quantitative estimate of drug-likeness (QED) is 0.762. The first kappa shape index (κ1) is 14.0. The molecule has 0 bridgehead atoms. The van der Waals surface area contributed by atoms with Crippen molar-refractivity contribution in [3.63, 3.8) is 0 Å². The summed E-state index contributed by atoms with van der Waals surface area (Å²) >= 11 is 3.16. The highest BCUT2D eigenvalue weighted by molar-refractivity contribution is 9.10. The van der Waals surface area contributed by atoms with Crippen molar-refractivity contribution >= 4 is 15.9 Å². The Bertz CT molecular complexity index is 557. The maximum atomic E-state index is 13.6. The molecule has 0 saturated heterocycles. The van der Waals surface area contributed by atoms with Crippen LogP contribution >= 0.6 is 15.9 Å². The summed E-state index contributed by atoms with van der Waals surface area (Å²) in [6, 6.07) is 9.01. The fraction of sp³-hybridized carbons (Fsp3) is 0.267. The lowest BCUT2D eigenvalue weighted by Crippen LogP contribution is -1.94. The first-order valence-electron chi connectivity index (χ1n) is 6.19. The van der Waals surface area contributed by atoms with Crippen LogP contribution in [0.15, 0.2) is 41.0 Å². The molecular formula is C15H15BrFNO. The molecule has 19 heavy (non-hydrogen) atoms. The van der Waals surface area contributed by atoms with Crippen LogP contribution in [0.2, 0.25) is 0 Å². The van der Waals surface area contributed by atoms with Crippen LogP contribution in [0.5, 0.6) is 11.6 Å². The van der Waals surface area contributed by atoms with Crippen LogP contribution < -0.4 is 4.74 Å². The van der Waals surface area contributed by atoms with E-state index >= 15 is 0 Å². The number of benzene rings is 1. The lowest BCUT2D eigenvalue weighted by atomic mass is 9.99.